The summed E-state index contributed by atoms with van der Waals surface area (Å²) in [5, 5.41) is 11.3. The summed E-state index contributed by atoms with van der Waals surface area (Å²) in [5.41, 5.74) is 2.23. The van der Waals surface area contributed by atoms with Crippen LogP contribution in [-0.4, -0.2) is 45.8 Å². The second-order valence-corrected chi connectivity index (χ2v) is 9.45. The molecule has 0 radical (unpaired) electrons. The number of aryl methyl sites for hydroxylation is 3. The molecule has 1 atom stereocenters. The van der Waals surface area contributed by atoms with Gasteiger partial charge in [-0.2, -0.15) is 0 Å². The van der Waals surface area contributed by atoms with Crippen molar-refractivity contribution in [2.24, 2.45) is 0 Å². The number of thiophene rings is 1. The monoisotopic (exact) mass is 441 g/mol. The van der Waals surface area contributed by atoms with Crippen LogP contribution in [0, 0.1) is 6.92 Å². The number of hydrogen-bond acceptors (Lipinski definition) is 6. The van der Waals surface area contributed by atoms with Crippen molar-refractivity contribution in [3.05, 3.63) is 56.4 Å². The molecule has 3 aromatic rings. The number of rotatable bonds is 9. The van der Waals surface area contributed by atoms with Crippen LogP contribution in [0.5, 0.6) is 5.75 Å². The molecule has 2 aromatic heterocycles. The van der Waals surface area contributed by atoms with Gasteiger partial charge in [-0.15, -0.1) is 11.3 Å². The number of nitrogens with zero attached hydrogens (tertiary/aromatic N) is 2. The summed E-state index contributed by atoms with van der Waals surface area (Å²) in [4.78, 5) is 24.9. The van der Waals surface area contributed by atoms with Gasteiger partial charge in [-0.3, -0.25) is 9.69 Å². The normalized spacial score (nSPS) is 14.7. The van der Waals surface area contributed by atoms with Crippen molar-refractivity contribution in [1.82, 2.24) is 14.9 Å². The van der Waals surface area contributed by atoms with Gasteiger partial charge in [0, 0.05) is 11.4 Å². The molecule has 31 heavy (non-hydrogen) atoms. The molecule has 166 valence electrons. The minimum absolute atomic E-state index is 0.0284. The number of ether oxygens (including phenoxy) is 1. The van der Waals surface area contributed by atoms with E-state index in [9.17, 15) is 9.90 Å². The molecular formula is C24H31N3O3S. The molecule has 0 saturated heterocycles. The highest BCUT2D eigenvalue weighted by molar-refractivity contribution is 7.18. The van der Waals surface area contributed by atoms with Crippen molar-refractivity contribution in [2.45, 2.75) is 58.6 Å². The number of H-pyrrole nitrogens is 1. The second kappa shape index (κ2) is 9.94. The maximum Gasteiger partial charge on any atom is 0.259 e. The van der Waals surface area contributed by atoms with Crippen LogP contribution in [0.25, 0.3) is 10.2 Å². The number of aliphatic hydroxyl groups excluding tert-OH is 1. The van der Waals surface area contributed by atoms with Crippen molar-refractivity contribution in [1.29, 1.82) is 0 Å². The van der Waals surface area contributed by atoms with Gasteiger partial charge < -0.3 is 14.8 Å². The van der Waals surface area contributed by atoms with E-state index in [1.54, 1.807) is 11.3 Å². The van der Waals surface area contributed by atoms with E-state index in [4.69, 9.17) is 9.72 Å². The van der Waals surface area contributed by atoms with E-state index in [0.717, 1.165) is 53.8 Å². The summed E-state index contributed by atoms with van der Waals surface area (Å²) in [6.45, 7) is 6.10. The topological polar surface area (TPSA) is 78.5 Å². The minimum atomic E-state index is -0.629. The van der Waals surface area contributed by atoms with Crippen LogP contribution in [-0.2, 0) is 19.4 Å². The number of aromatic nitrogens is 2. The zero-order valence-electron chi connectivity index (χ0n) is 18.3. The molecule has 0 fully saturated rings. The van der Waals surface area contributed by atoms with Gasteiger partial charge in [-0.25, -0.2) is 4.98 Å². The van der Waals surface area contributed by atoms with Gasteiger partial charge in [0.15, 0.2) is 0 Å². The third-order valence-corrected chi connectivity index (χ3v) is 6.97. The largest absolute Gasteiger partial charge is 0.491 e. The first-order valence-electron chi connectivity index (χ1n) is 11.2. The molecule has 0 spiro atoms. The van der Waals surface area contributed by atoms with Gasteiger partial charge in [0.1, 0.15) is 29.1 Å². The maximum absolute atomic E-state index is 12.8. The fourth-order valence-electron chi connectivity index (χ4n) is 4.30. The number of nitrogens with one attached hydrogen (secondary N) is 1. The van der Waals surface area contributed by atoms with Gasteiger partial charge in [0.2, 0.25) is 0 Å². The third-order valence-electron chi connectivity index (χ3n) is 5.78. The number of benzene rings is 1. The summed E-state index contributed by atoms with van der Waals surface area (Å²) in [5.74, 6) is 1.46. The molecule has 4 rings (SSSR count). The van der Waals surface area contributed by atoms with Crippen molar-refractivity contribution < 1.29 is 9.84 Å². The van der Waals surface area contributed by atoms with Gasteiger partial charge in [0.25, 0.3) is 5.56 Å². The molecule has 1 aromatic carbocycles. The second-order valence-electron chi connectivity index (χ2n) is 8.37. The van der Waals surface area contributed by atoms with Gasteiger partial charge in [-0.1, -0.05) is 25.1 Å². The fraction of sp³-hybridized carbons (Fsp3) is 0.500. The smallest absolute Gasteiger partial charge is 0.259 e. The first-order valence-corrected chi connectivity index (χ1v) is 12.0. The average Bonchev–Trinajstić information content (AvgIpc) is 3.12. The van der Waals surface area contributed by atoms with E-state index < -0.39 is 6.10 Å². The van der Waals surface area contributed by atoms with Crippen LogP contribution >= 0.6 is 11.3 Å². The predicted molar refractivity (Wildman–Crippen MR) is 125 cm³/mol. The summed E-state index contributed by atoms with van der Waals surface area (Å²) in [7, 11) is 0. The first-order chi connectivity index (χ1) is 15.0. The molecule has 0 bridgehead atoms. The Kier molecular flexibility index (Phi) is 7.05. The summed E-state index contributed by atoms with van der Waals surface area (Å²) < 4.78 is 5.80. The van der Waals surface area contributed by atoms with Crippen LogP contribution in [0.15, 0.2) is 29.1 Å². The lowest BCUT2D eigenvalue weighted by molar-refractivity contribution is 0.0645. The van der Waals surface area contributed by atoms with Crippen LogP contribution < -0.4 is 10.3 Å². The molecule has 2 N–H and O–H groups in total. The molecular weight excluding hydrogens is 410 g/mol. The Morgan fingerprint density at radius 1 is 1.29 bits per heavy atom. The van der Waals surface area contributed by atoms with E-state index in [1.807, 2.05) is 31.2 Å². The molecule has 0 aliphatic heterocycles. The van der Waals surface area contributed by atoms with Crippen LogP contribution in [0.4, 0.5) is 0 Å². The van der Waals surface area contributed by atoms with Crippen molar-refractivity contribution in [2.75, 3.05) is 19.7 Å². The lowest BCUT2D eigenvalue weighted by atomic mass is 9.97. The van der Waals surface area contributed by atoms with Gasteiger partial charge in [0.05, 0.1) is 11.9 Å². The van der Waals surface area contributed by atoms with Crippen molar-refractivity contribution in [3.8, 4) is 5.75 Å². The Labute approximate surface area is 186 Å². The van der Waals surface area contributed by atoms with Crippen LogP contribution in [0.3, 0.4) is 0 Å². The van der Waals surface area contributed by atoms with Crippen LogP contribution in [0.1, 0.15) is 48.0 Å². The summed E-state index contributed by atoms with van der Waals surface area (Å²) in [6.07, 6.45) is 4.69. The standard InChI is InChI=1S/C24H31N3O3S/c1-3-12-27(13-17(28)15-30-19-10-6-4-8-16(19)2)14-21-25-23(29)22-18-9-5-7-11-20(18)31-24(22)26-21/h4,6,8,10,17,28H,3,5,7,9,11-15H2,1-2H3,(H,25,26,29)/t17-/m1/s1. The minimum Gasteiger partial charge on any atom is -0.491 e. The summed E-state index contributed by atoms with van der Waals surface area (Å²) in [6, 6.07) is 7.80. The maximum atomic E-state index is 12.8. The third kappa shape index (κ3) is 5.17. The van der Waals surface area contributed by atoms with Gasteiger partial charge in [-0.05, 0) is 62.8 Å². The quantitative estimate of drug-likeness (QED) is 0.528. The lowest BCUT2D eigenvalue weighted by Gasteiger charge is -2.24. The Balaban J connectivity index is 1.44. The van der Waals surface area contributed by atoms with E-state index in [2.05, 4.69) is 16.8 Å². The zero-order chi connectivity index (χ0) is 21.8. The van der Waals surface area contributed by atoms with Gasteiger partial charge >= 0.3 is 0 Å². The molecule has 1 aliphatic rings. The number of fused-ring (bicyclic) bond motifs is 3. The highest BCUT2D eigenvalue weighted by atomic mass is 32.1. The Hall–Kier alpha value is -2.22. The number of aliphatic hydroxyl groups is 1. The number of hydrogen-bond donors (Lipinski definition) is 2. The molecule has 0 amide bonds. The Morgan fingerprint density at radius 2 is 2.10 bits per heavy atom. The Morgan fingerprint density at radius 3 is 2.90 bits per heavy atom. The lowest BCUT2D eigenvalue weighted by Crippen LogP contribution is -2.36. The predicted octanol–water partition coefficient (Wildman–Crippen LogP) is 3.82. The van der Waals surface area contributed by atoms with Crippen molar-refractivity contribution >= 4 is 21.6 Å². The summed E-state index contributed by atoms with van der Waals surface area (Å²) >= 11 is 1.67. The highest BCUT2D eigenvalue weighted by Gasteiger charge is 2.21. The SMILES string of the molecule is CCCN(Cc1nc2sc3c(c2c(=O)[nH]1)CCCC3)C[C@@H](O)COc1ccccc1C. The zero-order valence-corrected chi connectivity index (χ0v) is 19.1. The van der Waals surface area contributed by atoms with Crippen LogP contribution in [0.2, 0.25) is 0 Å². The highest BCUT2D eigenvalue weighted by Crippen LogP contribution is 2.33. The van der Waals surface area contributed by atoms with E-state index >= 15 is 0 Å². The molecule has 1 aliphatic carbocycles. The Bertz CT molecular complexity index is 1090. The molecule has 2 heterocycles. The van der Waals surface area contributed by atoms with E-state index in [-0.39, 0.29) is 12.2 Å². The first kappa shape index (κ1) is 22.0. The molecule has 6 nitrogen and oxygen atoms in total. The molecule has 0 saturated carbocycles. The average molecular weight is 442 g/mol. The van der Waals surface area contributed by atoms with E-state index in [1.165, 1.54) is 16.9 Å². The van der Waals surface area contributed by atoms with Crippen molar-refractivity contribution in [3.63, 3.8) is 0 Å². The number of aromatic amines is 1. The molecule has 7 heteroatoms. The van der Waals surface area contributed by atoms with E-state index in [0.29, 0.717) is 18.9 Å². The fourth-order valence-corrected chi connectivity index (χ4v) is 5.58. The molecule has 0 unspecified atom stereocenters. The number of para-hydroxylation sites is 1.